The highest BCUT2D eigenvalue weighted by atomic mass is 32.2. The molecule has 1 aliphatic heterocycles. The van der Waals surface area contributed by atoms with E-state index in [1.54, 1.807) is 24.0 Å². The molecule has 4 heterocycles. The second-order valence-corrected chi connectivity index (χ2v) is 9.27. The first kappa shape index (κ1) is 22.2. The molecule has 2 amide bonds. The van der Waals surface area contributed by atoms with Crippen LogP contribution in [0.4, 0.5) is 5.82 Å². The highest BCUT2D eigenvalue weighted by molar-refractivity contribution is 7.98. The molecule has 0 radical (unpaired) electrons. The van der Waals surface area contributed by atoms with E-state index >= 15 is 0 Å². The number of imidazole rings is 1. The average Bonchev–Trinajstić information content (AvgIpc) is 3.31. The lowest BCUT2D eigenvalue weighted by atomic mass is 9.95. The van der Waals surface area contributed by atoms with Gasteiger partial charge in [0.25, 0.3) is 5.91 Å². The molecule has 0 bridgehead atoms. The number of likely N-dealkylation sites (tertiary alicyclic amines) is 1. The standard InChI is InChI=1S/C26H25N5O2S/c32-25(29-23-9-3-5-13-27-23)19-11-15-30(16-12-19)26(33)21-7-1-2-8-22(21)34-18-20-17-31-14-6-4-10-24(31)28-20/h1-10,13-14,17,19H,11-12,15-16,18H2,(H,27,29,32). The maximum atomic E-state index is 13.3. The number of carbonyl (C=O) groups is 2. The van der Waals surface area contributed by atoms with Gasteiger partial charge in [-0.25, -0.2) is 9.97 Å². The van der Waals surface area contributed by atoms with Crippen molar-refractivity contribution < 1.29 is 9.59 Å². The van der Waals surface area contributed by atoms with Crippen LogP contribution < -0.4 is 5.32 Å². The van der Waals surface area contributed by atoms with Crippen LogP contribution >= 0.6 is 11.8 Å². The summed E-state index contributed by atoms with van der Waals surface area (Å²) in [4.78, 5) is 37.5. The summed E-state index contributed by atoms with van der Waals surface area (Å²) < 4.78 is 2.00. The van der Waals surface area contributed by atoms with E-state index in [0.29, 0.717) is 43.1 Å². The van der Waals surface area contributed by atoms with Crippen molar-refractivity contribution in [2.75, 3.05) is 18.4 Å². The summed E-state index contributed by atoms with van der Waals surface area (Å²) in [6.45, 7) is 1.12. The summed E-state index contributed by atoms with van der Waals surface area (Å²) >= 11 is 1.62. The van der Waals surface area contributed by atoms with E-state index in [4.69, 9.17) is 0 Å². The van der Waals surface area contributed by atoms with E-state index in [9.17, 15) is 9.59 Å². The molecule has 5 rings (SSSR count). The smallest absolute Gasteiger partial charge is 0.254 e. The van der Waals surface area contributed by atoms with Crippen molar-refractivity contribution in [3.63, 3.8) is 0 Å². The van der Waals surface area contributed by atoms with Crippen molar-refractivity contribution in [1.82, 2.24) is 19.3 Å². The topological polar surface area (TPSA) is 79.6 Å². The number of amides is 2. The maximum Gasteiger partial charge on any atom is 0.254 e. The number of benzene rings is 1. The summed E-state index contributed by atoms with van der Waals surface area (Å²) in [5, 5.41) is 2.87. The minimum atomic E-state index is -0.120. The van der Waals surface area contributed by atoms with E-state index < -0.39 is 0 Å². The van der Waals surface area contributed by atoms with Gasteiger partial charge in [-0.2, -0.15) is 0 Å². The first-order valence-electron chi connectivity index (χ1n) is 11.3. The molecule has 1 aromatic carbocycles. The van der Waals surface area contributed by atoms with Crippen LogP contribution in [-0.4, -0.2) is 44.2 Å². The van der Waals surface area contributed by atoms with Crippen LogP contribution in [0.5, 0.6) is 0 Å². The summed E-state index contributed by atoms with van der Waals surface area (Å²) in [5.74, 6) is 1.10. The van der Waals surface area contributed by atoms with Gasteiger partial charge in [-0.05, 0) is 49.2 Å². The number of thioether (sulfide) groups is 1. The van der Waals surface area contributed by atoms with Gasteiger partial charge in [0.1, 0.15) is 11.5 Å². The van der Waals surface area contributed by atoms with Crippen molar-refractivity contribution in [1.29, 1.82) is 0 Å². The Morgan fingerprint density at radius 3 is 2.59 bits per heavy atom. The predicted octanol–water partition coefficient (Wildman–Crippen LogP) is 4.51. The lowest BCUT2D eigenvalue weighted by molar-refractivity contribution is -0.121. The highest BCUT2D eigenvalue weighted by Gasteiger charge is 2.29. The van der Waals surface area contributed by atoms with Gasteiger partial charge in [0.05, 0.1) is 11.3 Å². The van der Waals surface area contributed by atoms with Crippen molar-refractivity contribution in [3.05, 3.63) is 90.5 Å². The van der Waals surface area contributed by atoms with Crippen LogP contribution in [0.2, 0.25) is 0 Å². The molecule has 3 aromatic heterocycles. The molecule has 0 saturated carbocycles. The Hall–Kier alpha value is -3.65. The molecular formula is C26H25N5O2S. The van der Waals surface area contributed by atoms with Gasteiger partial charge in [0, 0.05) is 48.2 Å². The quantitative estimate of drug-likeness (QED) is 0.419. The third kappa shape index (κ3) is 4.97. The van der Waals surface area contributed by atoms with Crippen LogP contribution in [0, 0.1) is 5.92 Å². The van der Waals surface area contributed by atoms with E-state index in [0.717, 1.165) is 16.2 Å². The Morgan fingerprint density at radius 2 is 1.79 bits per heavy atom. The number of piperidine rings is 1. The zero-order chi connectivity index (χ0) is 23.3. The summed E-state index contributed by atoms with van der Waals surface area (Å²) in [7, 11) is 0. The third-order valence-corrected chi connectivity index (χ3v) is 7.08. The molecule has 34 heavy (non-hydrogen) atoms. The van der Waals surface area contributed by atoms with E-state index in [-0.39, 0.29) is 17.7 Å². The Balaban J connectivity index is 1.20. The molecule has 4 aromatic rings. The van der Waals surface area contributed by atoms with Crippen LogP contribution in [-0.2, 0) is 10.5 Å². The Kier molecular flexibility index (Phi) is 6.58. The first-order valence-corrected chi connectivity index (χ1v) is 12.3. The Bertz CT molecular complexity index is 1270. The number of fused-ring (bicyclic) bond motifs is 1. The summed E-state index contributed by atoms with van der Waals surface area (Å²) in [6.07, 6.45) is 6.94. The largest absolute Gasteiger partial charge is 0.339 e. The Labute approximate surface area is 202 Å². The molecule has 172 valence electrons. The number of nitrogens with one attached hydrogen (secondary N) is 1. The predicted molar refractivity (Wildman–Crippen MR) is 133 cm³/mol. The lowest BCUT2D eigenvalue weighted by Crippen LogP contribution is -2.41. The van der Waals surface area contributed by atoms with Crippen molar-refractivity contribution >= 4 is 35.0 Å². The van der Waals surface area contributed by atoms with Gasteiger partial charge in [-0.1, -0.05) is 24.3 Å². The van der Waals surface area contributed by atoms with Gasteiger partial charge in [-0.3, -0.25) is 9.59 Å². The van der Waals surface area contributed by atoms with Crippen LogP contribution in [0.25, 0.3) is 5.65 Å². The van der Waals surface area contributed by atoms with Gasteiger partial charge in [0.2, 0.25) is 5.91 Å². The van der Waals surface area contributed by atoms with Crippen molar-refractivity contribution in [2.45, 2.75) is 23.5 Å². The van der Waals surface area contributed by atoms with Gasteiger partial charge >= 0.3 is 0 Å². The Morgan fingerprint density at radius 1 is 1.00 bits per heavy atom. The number of hydrogen-bond acceptors (Lipinski definition) is 5. The normalized spacial score (nSPS) is 14.3. The van der Waals surface area contributed by atoms with Gasteiger partial charge in [0.15, 0.2) is 0 Å². The van der Waals surface area contributed by atoms with Gasteiger partial charge in [-0.15, -0.1) is 11.8 Å². The lowest BCUT2D eigenvalue weighted by Gasteiger charge is -2.31. The van der Waals surface area contributed by atoms with Crippen LogP contribution in [0.3, 0.4) is 0 Å². The zero-order valence-corrected chi connectivity index (χ0v) is 19.4. The molecule has 8 heteroatoms. The number of aromatic nitrogens is 3. The molecule has 1 aliphatic rings. The van der Waals surface area contributed by atoms with Crippen molar-refractivity contribution in [3.8, 4) is 0 Å². The minimum absolute atomic E-state index is 0.0154. The fourth-order valence-corrected chi connectivity index (χ4v) is 5.09. The average molecular weight is 472 g/mol. The van der Waals surface area contributed by atoms with E-state index in [1.165, 1.54) is 0 Å². The minimum Gasteiger partial charge on any atom is -0.339 e. The highest BCUT2D eigenvalue weighted by Crippen LogP contribution is 2.28. The number of hydrogen-bond donors (Lipinski definition) is 1. The summed E-state index contributed by atoms with van der Waals surface area (Å²) in [6, 6.07) is 19.1. The second-order valence-electron chi connectivity index (χ2n) is 8.25. The van der Waals surface area contributed by atoms with E-state index in [2.05, 4.69) is 15.3 Å². The van der Waals surface area contributed by atoms with Crippen molar-refractivity contribution in [2.24, 2.45) is 5.92 Å². The second kappa shape index (κ2) is 10.1. The molecule has 7 nitrogen and oxygen atoms in total. The molecule has 0 aliphatic carbocycles. The molecule has 0 atom stereocenters. The number of nitrogens with zero attached hydrogens (tertiary/aromatic N) is 4. The van der Waals surface area contributed by atoms with Gasteiger partial charge < -0.3 is 14.6 Å². The number of anilines is 1. The van der Waals surface area contributed by atoms with Crippen LogP contribution in [0.15, 0.2) is 84.1 Å². The molecule has 1 saturated heterocycles. The third-order valence-electron chi connectivity index (χ3n) is 5.98. The number of pyridine rings is 2. The molecule has 0 unspecified atom stereocenters. The SMILES string of the molecule is O=C(Nc1ccccn1)C1CCN(C(=O)c2ccccc2SCc2cn3ccccc3n2)CC1. The molecular weight excluding hydrogens is 446 g/mol. The molecule has 1 N–H and O–H groups in total. The monoisotopic (exact) mass is 471 g/mol. The fourth-order valence-electron chi connectivity index (χ4n) is 4.16. The summed E-state index contributed by atoms with van der Waals surface area (Å²) in [5.41, 5.74) is 2.59. The van der Waals surface area contributed by atoms with E-state index in [1.807, 2.05) is 76.3 Å². The number of rotatable bonds is 6. The fraction of sp³-hybridized carbons (Fsp3) is 0.231. The van der Waals surface area contributed by atoms with Crippen LogP contribution in [0.1, 0.15) is 28.9 Å². The zero-order valence-electron chi connectivity index (χ0n) is 18.6. The maximum absolute atomic E-state index is 13.3. The number of carbonyl (C=O) groups excluding carboxylic acids is 2. The first-order chi connectivity index (χ1) is 16.7. The molecule has 0 spiro atoms. The molecule has 1 fully saturated rings.